The van der Waals surface area contributed by atoms with E-state index in [1.165, 1.54) is 4.90 Å². The number of halogens is 1. The van der Waals surface area contributed by atoms with Crippen molar-refractivity contribution in [2.75, 3.05) is 45.9 Å². The van der Waals surface area contributed by atoms with Crippen molar-refractivity contribution in [3.63, 3.8) is 0 Å². The highest BCUT2D eigenvalue weighted by Gasteiger charge is 2.39. The van der Waals surface area contributed by atoms with Gasteiger partial charge in [-0.15, -0.1) is 6.58 Å². The zero-order valence-electron chi connectivity index (χ0n) is 24.6. The van der Waals surface area contributed by atoms with Crippen molar-refractivity contribution in [1.29, 1.82) is 0 Å². The summed E-state index contributed by atoms with van der Waals surface area (Å²) in [5.74, 6) is 0.677. The summed E-state index contributed by atoms with van der Waals surface area (Å²) in [5.41, 5.74) is 2.16. The Hall–Kier alpha value is -4.60. The van der Waals surface area contributed by atoms with Crippen molar-refractivity contribution in [3.05, 3.63) is 119 Å². The van der Waals surface area contributed by atoms with E-state index in [1.54, 1.807) is 42.2 Å². The third-order valence-corrected chi connectivity index (χ3v) is 7.79. The average Bonchev–Trinajstić information content (AvgIpc) is 3.03. The molecule has 2 aliphatic heterocycles. The van der Waals surface area contributed by atoms with Gasteiger partial charge >= 0.3 is 12.0 Å². The summed E-state index contributed by atoms with van der Waals surface area (Å²) < 4.78 is 11.6. The fraction of sp³-hybridized carbons (Fsp3) is 0.265. The van der Waals surface area contributed by atoms with Gasteiger partial charge in [-0.25, -0.2) is 9.59 Å². The molecule has 1 saturated heterocycles. The Balaban J connectivity index is 1.43. The molecule has 0 aromatic heterocycles. The number of rotatable bonds is 10. The van der Waals surface area contributed by atoms with Gasteiger partial charge in [-0.05, 0) is 61.0 Å². The number of piperazine rings is 1. The van der Waals surface area contributed by atoms with E-state index >= 15 is 0 Å². The second-order valence-electron chi connectivity index (χ2n) is 10.4. The molecule has 1 atom stereocenters. The molecule has 228 valence electrons. The summed E-state index contributed by atoms with van der Waals surface area (Å²) in [5, 5.41) is 3.58. The summed E-state index contributed by atoms with van der Waals surface area (Å²) in [4.78, 5) is 45.6. The maximum Gasteiger partial charge on any atom is 0.338 e. The van der Waals surface area contributed by atoms with E-state index < -0.39 is 12.0 Å². The van der Waals surface area contributed by atoms with E-state index in [0.29, 0.717) is 71.6 Å². The van der Waals surface area contributed by atoms with Crippen LogP contribution >= 0.6 is 11.6 Å². The molecule has 1 fully saturated rings. The summed E-state index contributed by atoms with van der Waals surface area (Å²) in [6, 6.07) is 22.5. The molecule has 1 N–H and O–H groups in total. The number of hydrogen-bond acceptors (Lipinski definition) is 6. The molecule has 3 aromatic carbocycles. The van der Waals surface area contributed by atoms with E-state index in [-0.39, 0.29) is 25.1 Å². The Kier molecular flexibility index (Phi) is 9.99. The third kappa shape index (κ3) is 7.12. The Labute approximate surface area is 262 Å². The van der Waals surface area contributed by atoms with Crippen LogP contribution < -0.4 is 10.1 Å². The number of amides is 3. The second kappa shape index (κ2) is 14.2. The lowest BCUT2D eigenvalue weighted by Crippen LogP contribution is -2.53. The molecule has 1 unspecified atom stereocenters. The molecule has 44 heavy (non-hydrogen) atoms. The van der Waals surface area contributed by atoms with Gasteiger partial charge in [-0.3, -0.25) is 14.6 Å². The van der Waals surface area contributed by atoms with Crippen molar-refractivity contribution in [2.45, 2.75) is 13.0 Å². The van der Waals surface area contributed by atoms with Gasteiger partial charge in [0.15, 0.2) is 0 Å². The van der Waals surface area contributed by atoms with Crippen LogP contribution in [0.1, 0.15) is 28.9 Å². The minimum Gasteiger partial charge on any atom is -0.463 e. The predicted molar refractivity (Wildman–Crippen MR) is 169 cm³/mol. The number of esters is 1. The largest absolute Gasteiger partial charge is 0.463 e. The third-order valence-electron chi connectivity index (χ3n) is 7.54. The molecule has 0 spiro atoms. The van der Waals surface area contributed by atoms with Crippen LogP contribution in [0.25, 0.3) is 0 Å². The molecule has 3 aromatic rings. The summed E-state index contributed by atoms with van der Waals surface area (Å²) >= 11 is 5.99. The SMILES string of the molecule is C=CCN1C(=O)NC(c2cccc(Oc3ccccc3)c2)C(C(=O)OCC)=C1CN1CCN(C(=O)c2ccc(Cl)cc2)CC1. The first-order valence-corrected chi connectivity index (χ1v) is 14.9. The maximum atomic E-state index is 13.6. The van der Waals surface area contributed by atoms with Crippen LogP contribution in [-0.4, -0.2) is 78.5 Å². The molecule has 0 aliphatic carbocycles. The van der Waals surface area contributed by atoms with Gasteiger partial charge in [-0.2, -0.15) is 0 Å². The van der Waals surface area contributed by atoms with Crippen molar-refractivity contribution in [2.24, 2.45) is 0 Å². The summed E-state index contributed by atoms with van der Waals surface area (Å²) in [6.45, 7) is 8.41. The minimum absolute atomic E-state index is 0.0595. The molecule has 10 heteroatoms. The number of nitrogens with zero attached hydrogens (tertiary/aromatic N) is 3. The number of ether oxygens (including phenoxy) is 2. The topological polar surface area (TPSA) is 91.4 Å². The van der Waals surface area contributed by atoms with Gasteiger partial charge in [0.05, 0.1) is 18.2 Å². The molecule has 2 heterocycles. The van der Waals surface area contributed by atoms with Crippen molar-refractivity contribution >= 4 is 29.5 Å². The average molecular weight is 615 g/mol. The van der Waals surface area contributed by atoms with Gasteiger partial charge < -0.3 is 19.7 Å². The van der Waals surface area contributed by atoms with E-state index in [2.05, 4.69) is 16.8 Å². The highest BCUT2D eigenvalue weighted by molar-refractivity contribution is 6.30. The van der Waals surface area contributed by atoms with E-state index in [4.69, 9.17) is 21.1 Å². The molecule has 0 saturated carbocycles. The first-order valence-electron chi connectivity index (χ1n) is 14.6. The standard InChI is InChI=1S/C34H35ClN4O5/c1-3-17-39-29(23-37-18-20-38(21-19-37)32(40)24-13-15-26(35)16-14-24)30(33(41)43-4-2)31(36-34(39)42)25-9-8-12-28(22-25)44-27-10-6-5-7-11-27/h3,5-16,22,31H,1,4,17-21,23H2,2H3,(H,36,42). The second-order valence-corrected chi connectivity index (χ2v) is 10.9. The predicted octanol–water partition coefficient (Wildman–Crippen LogP) is 5.66. The lowest BCUT2D eigenvalue weighted by molar-refractivity contribution is -0.139. The molecule has 0 radical (unpaired) electrons. The molecular formula is C34H35ClN4O5. The number of nitrogens with one attached hydrogen (secondary N) is 1. The lowest BCUT2D eigenvalue weighted by Gasteiger charge is -2.40. The molecular weight excluding hydrogens is 580 g/mol. The molecule has 2 aliphatic rings. The van der Waals surface area contributed by atoms with Gasteiger partial charge in [0, 0.05) is 55.6 Å². The van der Waals surface area contributed by atoms with E-state index in [9.17, 15) is 14.4 Å². The summed E-state index contributed by atoms with van der Waals surface area (Å²) in [6.07, 6.45) is 1.62. The first-order chi connectivity index (χ1) is 21.4. The number of hydrogen-bond donors (Lipinski definition) is 1. The number of urea groups is 1. The van der Waals surface area contributed by atoms with Crippen LogP contribution in [0.15, 0.2) is 103 Å². The molecule has 5 rings (SSSR count). The smallest absolute Gasteiger partial charge is 0.338 e. The van der Waals surface area contributed by atoms with E-state index in [1.807, 2.05) is 54.6 Å². The highest BCUT2D eigenvalue weighted by atomic mass is 35.5. The van der Waals surface area contributed by atoms with Gasteiger partial charge in [0.25, 0.3) is 5.91 Å². The number of para-hydroxylation sites is 1. The van der Waals surface area contributed by atoms with Crippen molar-refractivity contribution < 1.29 is 23.9 Å². The Morgan fingerprint density at radius 3 is 2.36 bits per heavy atom. The van der Waals surface area contributed by atoms with Crippen LogP contribution in [0.2, 0.25) is 5.02 Å². The van der Waals surface area contributed by atoms with Gasteiger partial charge in [0.2, 0.25) is 0 Å². The zero-order valence-corrected chi connectivity index (χ0v) is 25.3. The minimum atomic E-state index is -0.760. The number of carbonyl (C=O) groups excluding carboxylic acids is 3. The van der Waals surface area contributed by atoms with Crippen LogP contribution in [0.4, 0.5) is 4.79 Å². The zero-order chi connectivity index (χ0) is 31.1. The van der Waals surface area contributed by atoms with Crippen molar-refractivity contribution in [3.8, 4) is 11.5 Å². The fourth-order valence-electron chi connectivity index (χ4n) is 5.37. The van der Waals surface area contributed by atoms with Crippen LogP contribution in [0.3, 0.4) is 0 Å². The van der Waals surface area contributed by atoms with Crippen LogP contribution in [-0.2, 0) is 9.53 Å². The normalized spacial score (nSPS) is 17.2. The molecule has 9 nitrogen and oxygen atoms in total. The van der Waals surface area contributed by atoms with E-state index in [0.717, 1.165) is 0 Å². The fourth-order valence-corrected chi connectivity index (χ4v) is 5.50. The van der Waals surface area contributed by atoms with Gasteiger partial charge in [-0.1, -0.05) is 48.0 Å². The van der Waals surface area contributed by atoms with Crippen LogP contribution in [0, 0.1) is 0 Å². The summed E-state index contributed by atoms with van der Waals surface area (Å²) in [7, 11) is 0. The monoisotopic (exact) mass is 614 g/mol. The van der Waals surface area contributed by atoms with Crippen molar-refractivity contribution in [1.82, 2.24) is 20.0 Å². The quantitative estimate of drug-likeness (QED) is 0.234. The number of benzene rings is 3. The number of carbonyl (C=O) groups is 3. The van der Waals surface area contributed by atoms with Crippen LogP contribution in [0.5, 0.6) is 11.5 Å². The Bertz CT molecular complexity index is 1530. The molecule has 3 amide bonds. The Morgan fingerprint density at radius 2 is 1.68 bits per heavy atom. The Morgan fingerprint density at radius 1 is 0.977 bits per heavy atom. The first kappa shape index (κ1) is 30.8. The van der Waals surface area contributed by atoms with Gasteiger partial charge in [0.1, 0.15) is 11.5 Å². The highest BCUT2D eigenvalue weighted by Crippen LogP contribution is 2.34. The molecule has 0 bridgehead atoms. The lowest BCUT2D eigenvalue weighted by atomic mass is 9.93. The maximum absolute atomic E-state index is 13.6.